The van der Waals surface area contributed by atoms with Crippen molar-refractivity contribution in [2.45, 2.75) is 13.8 Å². The molecule has 0 saturated carbocycles. The summed E-state index contributed by atoms with van der Waals surface area (Å²) in [5, 5.41) is 0.893. The van der Waals surface area contributed by atoms with Crippen LogP contribution in [0.15, 0.2) is 54.6 Å². The van der Waals surface area contributed by atoms with Crippen LogP contribution in [0.1, 0.15) is 11.1 Å². The van der Waals surface area contributed by atoms with Gasteiger partial charge in [0.05, 0.1) is 0 Å². The fraction of sp³-hybridized carbons (Fsp3) is 0.111. The molecule has 0 aliphatic rings. The van der Waals surface area contributed by atoms with Gasteiger partial charge in [-0.1, -0.05) is 0 Å². The quantitative estimate of drug-likeness (QED) is 0.549. The minimum absolute atomic E-state index is 0.279. The predicted molar refractivity (Wildman–Crippen MR) is 88.7 cm³/mol. The zero-order chi connectivity index (χ0) is 14.1. The summed E-state index contributed by atoms with van der Waals surface area (Å²) in [7, 11) is 0. The topological polar surface area (TPSA) is 0 Å². The van der Waals surface area contributed by atoms with Crippen LogP contribution >= 0.6 is 11.6 Å². The molecule has 0 nitrogen and oxygen atoms in total. The Labute approximate surface area is 130 Å². The van der Waals surface area contributed by atoms with Crippen LogP contribution in [0.3, 0.4) is 0 Å². The number of aryl methyl sites for hydroxylation is 2. The molecule has 0 fully saturated rings. The van der Waals surface area contributed by atoms with Gasteiger partial charge in [0.25, 0.3) is 0 Å². The molecular weight excluding hydrogens is 331 g/mol. The standard InChI is InChI=1S/C18H15ClSe/c1-12-3-7-14(8-4-12)17-11-16(19)18(20-17)15-9-5-13(2)6-10-15/h3-11H,1-2H3. The average Bonchev–Trinajstić information content (AvgIpc) is 2.82. The Bertz CT molecular complexity index is 721. The summed E-state index contributed by atoms with van der Waals surface area (Å²) in [5.74, 6) is 0. The minimum atomic E-state index is 0.279. The molecule has 0 N–H and O–H groups in total. The Morgan fingerprint density at radius 2 is 1.25 bits per heavy atom. The summed E-state index contributed by atoms with van der Waals surface area (Å²) in [4.78, 5) is 0. The molecule has 0 radical (unpaired) electrons. The first-order valence-electron chi connectivity index (χ1n) is 6.57. The molecule has 0 amide bonds. The van der Waals surface area contributed by atoms with Crippen LogP contribution in [0.5, 0.6) is 0 Å². The fourth-order valence-corrected chi connectivity index (χ4v) is 4.92. The third-order valence-electron chi connectivity index (χ3n) is 3.34. The van der Waals surface area contributed by atoms with Crippen molar-refractivity contribution in [2.75, 3.05) is 0 Å². The van der Waals surface area contributed by atoms with Gasteiger partial charge >= 0.3 is 131 Å². The van der Waals surface area contributed by atoms with Gasteiger partial charge in [0.1, 0.15) is 0 Å². The molecule has 20 heavy (non-hydrogen) atoms. The zero-order valence-electron chi connectivity index (χ0n) is 11.5. The summed E-state index contributed by atoms with van der Waals surface area (Å²) >= 11 is 6.73. The third kappa shape index (κ3) is 2.76. The number of benzene rings is 2. The van der Waals surface area contributed by atoms with Crippen molar-refractivity contribution in [1.29, 1.82) is 0 Å². The molecule has 3 rings (SSSR count). The number of hydrogen-bond donors (Lipinski definition) is 0. The van der Waals surface area contributed by atoms with Crippen LogP contribution in [0, 0.1) is 13.8 Å². The molecule has 0 saturated heterocycles. The fourth-order valence-electron chi connectivity index (χ4n) is 2.13. The Kier molecular flexibility index (Phi) is 3.85. The molecule has 100 valence electrons. The van der Waals surface area contributed by atoms with Crippen molar-refractivity contribution in [1.82, 2.24) is 0 Å². The van der Waals surface area contributed by atoms with E-state index in [-0.39, 0.29) is 14.5 Å². The summed E-state index contributed by atoms with van der Waals surface area (Å²) < 4.78 is 2.65. The van der Waals surface area contributed by atoms with Crippen LogP contribution in [0.2, 0.25) is 5.02 Å². The molecule has 1 heterocycles. The van der Waals surface area contributed by atoms with Gasteiger partial charge in [-0.2, -0.15) is 0 Å². The number of rotatable bonds is 2. The van der Waals surface area contributed by atoms with Gasteiger partial charge in [-0.3, -0.25) is 0 Å². The Hall–Kier alpha value is -1.27. The van der Waals surface area contributed by atoms with E-state index in [1.807, 2.05) is 0 Å². The summed E-state index contributed by atoms with van der Waals surface area (Å²) in [6, 6.07) is 19.4. The van der Waals surface area contributed by atoms with E-state index in [0.29, 0.717) is 0 Å². The molecule has 2 heteroatoms. The monoisotopic (exact) mass is 346 g/mol. The van der Waals surface area contributed by atoms with E-state index in [4.69, 9.17) is 11.6 Å². The first kappa shape index (κ1) is 13.7. The van der Waals surface area contributed by atoms with Gasteiger partial charge in [-0.15, -0.1) is 0 Å². The molecule has 0 aliphatic heterocycles. The van der Waals surface area contributed by atoms with Gasteiger partial charge in [-0.25, -0.2) is 0 Å². The molecule has 0 bridgehead atoms. The summed E-state index contributed by atoms with van der Waals surface area (Å²) in [6.07, 6.45) is 0. The van der Waals surface area contributed by atoms with Crippen molar-refractivity contribution in [2.24, 2.45) is 0 Å². The normalized spacial score (nSPS) is 10.8. The predicted octanol–water partition coefficient (Wildman–Crippen LogP) is 5.35. The SMILES string of the molecule is Cc1ccc(-c2cc(Cl)c(-c3ccc(C)cc3)[se]2)cc1. The molecule has 0 unspecified atom stereocenters. The number of halogens is 1. The van der Waals surface area contributed by atoms with Crippen molar-refractivity contribution in [3.05, 3.63) is 70.7 Å². The summed E-state index contributed by atoms with van der Waals surface area (Å²) in [5.41, 5.74) is 5.11. The molecule has 0 spiro atoms. The summed E-state index contributed by atoms with van der Waals surface area (Å²) in [6.45, 7) is 4.22. The first-order chi connectivity index (χ1) is 9.63. The second-order valence-corrected chi connectivity index (χ2v) is 7.63. The van der Waals surface area contributed by atoms with Gasteiger partial charge in [-0.05, 0) is 0 Å². The van der Waals surface area contributed by atoms with Crippen LogP contribution in [0.4, 0.5) is 0 Å². The molecular formula is C18H15ClSe. The molecule has 1 aromatic heterocycles. The third-order valence-corrected chi connectivity index (χ3v) is 6.48. The second-order valence-electron chi connectivity index (χ2n) is 5.02. The van der Waals surface area contributed by atoms with Crippen LogP contribution in [-0.4, -0.2) is 14.5 Å². The van der Waals surface area contributed by atoms with Crippen LogP contribution in [-0.2, 0) is 0 Å². The van der Waals surface area contributed by atoms with Crippen molar-refractivity contribution in [3.63, 3.8) is 0 Å². The molecule has 0 atom stereocenters. The van der Waals surface area contributed by atoms with Gasteiger partial charge in [0.2, 0.25) is 0 Å². The van der Waals surface area contributed by atoms with Crippen LogP contribution in [0.25, 0.3) is 20.0 Å². The molecule has 2 aromatic carbocycles. The van der Waals surface area contributed by atoms with E-state index in [0.717, 1.165) is 5.02 Å². The van der Waals surface area contributed by atoms with E-state index in [2.05, 4.69) is 68.4 Å². The molecule has 3 aromatic rings. The average molecular weight is 346 g/mol. The van der Waals surface area contributed by atoms with Gasteiger partial charge in [0.15, 0.2) is 0 Å². The maximum absolute atomic E-state index is 6.45. The van der Waals surface area contributed by atoms with Crippen molar-refractivity contribution >= 4 is 26.1 Å². The Morgan fingerprint density at radius 1 is 0.750 bits per heavy atom. The van der Waals surface area contributed by atoms with E-state index in [1.54, 1.807) is 0 Å². The molecule has 0 aliphatic carbocycles. The van der Waals surface area contributed by atoms with Crippen LogP contribution < -0.4 is 0 Å². The second kappa shape index (κ2) is 5.61. The Balaban J connectivity index is 2.02. The van der Waals surface area contributed by atoms with Gasteiger partial charge < -0.3 is 0 Å². The zero-order valence-corrected chi connectivity index (χ0v) is 14.0. The van der Waals surface area contributed by atoms with Gasteiger partial charge in [0, 0.05) is 0 Å². The maximum atomic E-state index is 6.45. The van der Waals surface area contributed by atoms with Crippen molar-refractivity contribution in [3.8, 4) is 20.0 Å². The Morgan fingerprint density at radius 3 is 1.80 bits per heavy atom. The number of hydrogen-bond acceptors (Lipinski definition) is 0. The first-order valence-corrected chi connectivity index (χ1v) is 8.66. The van der Waals surface area contributed by atoms with E-state index < -0.39 is 0 Å². The van der Waals surface area contributed by atoms with E-state index in [1.165, 1.54) is 31.1 Å². The van der Waals surface area contributed by atoms with E-state index >= 15 is 0 Å². The van der Waals surface area contributed by atoms with Crippen molar-refractivity contribution < 1.29 is 0 Å². The van der Waals surface area contributed by atoms with E-state index in [9.17, 15) is 0 Å².